The van der Waals surface area contributed by atoms with Crippen molar-refractivity contribution >= 4 is 0 Å². The van der Waals surface area contributed by atoms with Crippen molar-refractivity contribution in [2.24, 2.45) is 11.3 Å². The van der Waals surface area contributed by atoms with Crippen molar-refractivity contribution in [1.82, 2.24) is 10.2 Å². The first-order chi connectivity index (χ1) is 9.63. The van der Waals surface area contributed by atoms with E-state index in [9.17, 15) is 0 Å². The van der Waals surface area contributed by atoms with Crippen LogP contribution in [0.5, 0.6) is 0 Å². The van der Waals surface area contributed by atoms with Crippen LogP contribution in [0.4, 0.5) is 0 Å². The summed E-state index contributed by atoms with van der Waals surface area (Å²) >= 11 is 0. The molecule has 0 radical (unpaired) electrons. The number of hydrogen-bond acceptors (Lipinski definition) is 2. The lowest BCUT2D eigenvalue weighted by Gasteiger charge is -2.50. The predicted octanol–water partition coefficient (Wildman–Crippen LogP) is 3.81. The number of hydrogen-bond donors (Lipinski definition) is 1. The molecule has 2 aliphatic carbocycles. The van der Waals surface area contributed by atoms with Crippen LogP contribution >= 0.6 is 0 Å². The van der Waals surface area contributed by atoms with Crippen LogP contribution in [0.2, 0.25) is 0 Å². The third-order valence-electron chi connectivity index (χ3n) is 6.45. The third kappa shape index (κ3) is 2.66. The first-order valence-corrected chi connectivity index (χ1v) is 9.12. The van der Waals surface area contributed by atoms with Gasteiger partial charge in [-0.05, 0) is 56.5 Å². The molecule has 2 saturated carbocycles. The number of likely N-dealkylation sites (N-methyl/N-ethyl adjacent to an activating group) is 1. The monoisotopic (exact) mass is 278 g/mol. The molecule has 0 aromatic carbocycles. The average molecular weight is 278 g/mol. The molecular formula is C18H34N2. The van der Waals surface area contributed by atoms with E-state index < -0.39 is 0 Å². The molecule has 20 heavy (non-hydrogen) atoms. The molecule has 0 amide bonds. The lowest BCUT2D eigenvalue weighted by Crippen LogP contribution is -2.60. The Bertz CT molecular complexity index is 325. The van der Waals surface area contributed by atoms with E-state index in [1.807, 2.05) is 0 Å². The minimum Gasteiger partial charge on any atom is -0.312 e. The highest BCUT2D eigenvalue weighted by Gasteiger charge is 2.46. The summed E-state index contributed by atoms with van der Waals surface area (Å²) in [6, 6.07) is 2.41. The first kappa shape index (κ1) is 14.8. The topological polar surface area (TPSA) is 15.3 Å². The molecule has 2 heteroatoms. The lowest BCUT2D eigenvalue weighted by molar-refractivity contribution is 0.0288. The van der Waals surface area contributed by atoms with Crippen molar-refractivity contribution in [2.45, 2.75) is 90.3 Å². The fourth-order valence-corrected chi connectivity index (χ4v) is 5.45. The molecule has 0 aromatic rings. The van der Waals surface area contributed by atoms with Crippen LogP contribution in [-0.4, -0.2) is 36.1 Å². The van der Waals surface area contributed by atoms with E-state index in [1.165, 1.54) is 57.9 Å². The van der Waals surface area contributed by atoms with Crippen LogP contribution in [-0.2, 0) is 0 Å². The molecule has 3 rings (SSSR count). The van der Waals surface area contributed by atoms with Crippen LogP contribution in [0.3, 0.4) is 0 Å². The van der Waals surface area contributed by atoms with Gasteiger partial charge in [-0.3, -0.25) is 4.90 Å². The summed E-state index contributed by atoms with van der Waals surface area (Å²) in [5, 5.41) is 3.86. The number of nitrogens with zero attached hydrogens (tertiary/aromatic N) is 1. The van der Waals surface area contributed by atoms with Crippen molar-refractivity contribution in [1.29, 1.82) is 0 Å². The molecule has 1 aliphatic heterocycles. The minimum absolute atomic E-state index is 0.464. The molecule has 0 aromatic heterocycles. The van der Waals surface area contributed by atoms with Gasteiger partial charge in [0, 0.05) is 18.1 Å². The van der Waals surface area contributed by atoms with E-state index in [0.29, 0.717) is 11.5 Å². The van der Waals surface area contributed by atoms with E-state index in [2.05, 4.69) is 31.0 Å². The van der Waals surface area contributed by atoms with Gasteiger partial charge in [0.15, 0.2) is 0 Å². The largest absolute Gasteiger partial charge is 0.312 e. The van der Waals surface area contributed by atoms with Gasteiger partial charge in [0.2, 0.25) is 0 Å². The Hall–Kier alpha value is -0.0800. The van der Waals surface area contributed by atoms with Gasteiger partial charge in [-0.25, -0.2) is 0 Å². The Morgan fingerprint density at radius 1 is 1.00 bits per heavy atom. The molecule has 1 N–H and O–H groups in total. The standard InChI is InChI=1S/C18H34N2/c1-4-19-17-16(10-7-12-18(17,2)3)20-13-11-14-8-5-6-9-15(14)20/h14-17,19H,4-13H2,1-3H3. The smallest absolute Gasteiger partial charge is 0.0274 e. The zero-order valence-electron chi connectivity index (χ0n) is 13.8. The number of rotatable bonds is 3. The average Bonchev–Trinajstić information content (AvgIpc) is 2.85. The van der Waals surface area contributed by atoms with Gasteiger partial charge in [-0.2, -0.15) is 0 Å². The van der Waals surface area contributed by atoms with Crippen molar-refractivity contribution in [3.63, 3.8) is 0 Å². The molecule has 1 heterocycles. The highest BCUT2D eigenvalue weighted by Crippen LogP contribution is 2.43. The fraction of sp³-hybridized carbons (Fsp3) is 1.00. The van der Waals surface area contributed by atoms with Crippen molar-refractivity contribution < 1.29 is 0 Å². The summed E-state index contributed by atoms with van der Waals surface area (Å²) in [6.45, 7) is 9.74. The molecule has 3 fully saturated rings. The second-order valence-corrected chi connectivity index (χ2v) is 8.12. The van der Waals surface area contributed by atoms with Crippen LogP contribution in [0.1, 0.15) is 72.1 Å². The van der Waals surface area contributed by atoms with Crippen LogP contribution in [0, 0.1) is 11.3 Å². The lowest BCUT2D eigenvalue weighted by atomic mass is 9.70. The maximum absolute atomic E-state index is 3.86. The normalized spacial score (nSPS) is 41.5. The molecule has 3 aliphatic rings. The second kappa shape index (κ2) is 5.96. The number of nitrogens with one attached hydrogen (secondary N) is 1. The van der Waals surface area contributed by atoms with E-state index in [1.54, 1.807) is 0 Å². The van der Waals surface area contributed by atoms with Gasteiger partial charge in [0.05, 0.1) is 0 Å². The van der Waals surface area contributed by atoms with E-state index in [4.69, 9.17) is 0 Å². The van der Waals surface area contributed by atoms with Crippen LogP contribution in [0.15, 0.2) is 0 Å². The molecule has 116 valence electrons. The van der Waals surface area contributed by atoms with Crippen molar-refractivity contribution in [3.05, 3.63) is 0 Å². The Balaban J connectivity index is 1.76. The van der Waals surface area contributed by atoms with Gasteiger partial charge < -0.3 is 5.32 Å². The molecular weight excluding hydrogens is 244 g/mol. The quantitative estimate of drug-likeness (QED) is 0.844. The van der Waals surface area contributed by atoms with E-state index >= 15 is 0 Å². The first-order valence-electron chi connectivity index (χ1n) is 9.12. The zero-order chi connectivity index (χ0) is 14.2. The Labute approximate surface area is 125 Å². The Morgan fingerprint density at radius 3 is 2.55 bits per heavy atom. The Morgan fingerprint density at radius 2 is 1.75 bits per heavy atom. The van der Waals surface area contributed by atoms with Crippen molar-refractivity contribution in [3.8, 4) is 0 Å². The summed E-state index contributed by atoms with van der Waals surface area (Å²) in [6.07, 6.45) is 11.6. The molecule has 2 nitrogen and oxygen atoms in total. The minimum atomic E-state index is 0.464. The third-order valence-corrected chi connectivity index (χ3v) is 6.45. The fourth-order valence-electron chi connectivity index (χ4n) is 5.45. The molecule has 0 bridgehead atoms. The maximum Gasteiger partial charge on any atom is 0.0274 e. The highest BCUT2D eigenvalue weighted by molar-refractivity contribution is 5.02. The maximum atomic E-state index is 3.86. The summed E-state index contributed by atoms with van der Waals surface area (Å²) in [5.41, 5.74) is 0.464. The zero-order valence-corrected chi connectivity index (χ0v) is 13.8. The van der Waals surface area contributed by atoms with Gasteiger partial charge in [0.25, 0.3) is 0 Å². The molecule has 4 unspecified atom stereocenters. The SMILES string of the molecule is CCNC1C(N2CCC3CCCCC32)CCCC1(C)C. The van der Waals surface area contributed by atoms with E-state index in [0.717, 1.165) is 24.5 Å². The summed E-state index contributed by atoms with van der Waals surface area (Å²) in [4.78, 5) is 2.94. The van der Waals surface area contributed by atoms with Gasteiger partial charge in [-0.1, -0.05) is 40.0 Å². The van der Waals surface area contributed by atoms with Crippen LogP contribution in [0.25, 0.3) is 0 Å². The van der Waals surface area contributed by atoms with Crippen molar-refractivity contribution in [2.75, 3.05) is 13.1 Å². The van der Waals surface area contributed by atoms with Crippen LogP contribution < -0.4 is 5.32 Å². The van der Waals surface area contributed by atoms with E-state index in [-0.39, 0.29) is 0 Å². The molecule has 1 saturated heterocycles. The predicted molar refractivity (Wildman–Crippen MR) is 86.0 cm³/mol. The summed E-state index contributed by atoms with van der Waals surface area (Å²) < 4.78 is 0. The number of likely N-dealkylation sites (tertiary alicyclic amines) is 1. The highest BCUT2D eigenvalue weighted by atomic mass is 15.2. The van der Waals surface area contributed by atoms with Gasteiger partial charge >= 0.3 is 0 Å². The van der Waals surface area contributed by atoms with Gasteiger partial charge in [-0.15, -0.1) is 0 Å². The second-order valence-electron chi connectivity index (χ2n) is 8.12. The summed E-state index contributed by atoms with van der Waals surface area (Å²) in [7, 11) is 0. The molecule has 0 spiro atoms. The summed E-state index contributed by atoms with van der Waals surface area (Å²) in [5.74, 6) is 1.02. The molecule has 4 atom stereocenters. The Kier molecular flexibility index (Phi) is 4.42. The number of fused-ring (bicyclic) bond motifs is 1. The van der Waals surface area contributed by atoms with Gasteiger partial charge in [0.1, 0.15) is 0 Å².